The Kier molecular flexibility index (Phi) is 6.12. The second kappa shape index (κ2) is 9.28. The Morgan fingerprint density at radius 3 is 2.32 bits per heavy atom. The van der Waals surface area contributed by atoms with E-state index in [0.29, 0.717) is 43.9 Å². The zero-order valence-corrected chi connectivity index (χ0v) is 20.4. The number of alkyl halides is 3. The maximum atomic E-state index is 13.0. The number of nitrogens with zero attached hydrogens (tertiary/aromatic N) is 3. The van der Waals surface area contributed by atoms with Crippen LogP contribution < -0.4 is 24.3 Å². The normalized spacial score (nSPS) is 12.3. The summed E-state index contributed by atoms with van der Waals surface area (Å²) in [6, 6.07) is 11.3. The predicted octanol–water partition coefficient (Wildman–Crippen LogP) is 4.67. The fourth-order valence-corrected chi connectivity index (χ4v) is 4.62. The van der Waals surface area contributed by atoms with E-state index in [0.717, 1.165) is 23.5 Å². The van der Waals surface area contributed by atoms with E-state index in [9.17, 15) is 18.0 Å². The van der Waals surface area contributed by atoms with Crippen LogP contribution in [-0.4, -0.2) is 35.9 Å². The Balaban J connectivity index is 1.49. The number of rotatable bonds is 6. The van der Waals surface area contributed by atoms with Crippen molar-refractivity contribution < 1.29 is 31.8 Å². The van der Waals surface area contributed by atoms with Gasteiger partial charge >= 0.3 is 6.18 Å². The zero-order chi connectivity index (χ0) is 26.3. The number of furan rings is 1. The smallest absolute Gasteiger partial charge is 0.416 e. The molecule has 190 valence electrons. The first-order valence-corrected chi connectivity index (χ1v) is 11.5. The fraction of sp³-hybridized carbons (Fsp3) is 0.160. The Labute approximate surface area is 211 Å². The fourth-order valence-electron chi connectivity index (χ4n) is 3.73. The topological polar surface area (TPSA) is 88.1 Å². The molecule has 0 aliphatic rings. The van der Waals surface area contributed by atoms with E-state index in [-0.39, 0.29) is 11.3 Å². The van der Waals surface area contributed by atoms with Crippen LogP contribution in [-0.2, 0) is 6.18 Å². The maximum absolute atomic E-state index is 13.0. The van der Waals surface area contributed by atoms with E-state index in [1.54, 1.807) is 24.3 Å². The van der Waals surface area contributed by atoms with Crippen molar-refractivity contribution >= 4 is 22.4 Å². The standard InChI is InChI=1S/C25H18F3N3O5S/c1-33-18-10-14(11-19(34-2)21(18)35-3)22-29-24-31(30-22)23(32)20(37-24)12-16-7-8-17(36-16)13-5-4-6-15(9-13)25(26,27)28/h4-12H,1-3H3/b20-12-. The lowest BCUT2D eigenvalue weighted by molar-refractivity contribution is -0.137. The van der Waals surface area contributed by atoms with Crippen LogP contribution >= 0.6 is 11.3 Å². The van der Waals surface area contributed by atoms with Gasteiger partial charge in [-0.05, 0) is 36.4 Å². The average Bonchev–Trinajstić information content (AvgIpc) is 3.60. The summed E-state index contributed by atoms with van der Waals surface area (Å²) in [6.45, 7) is 0. The van der Waals surface area contributed by atoms with Crippen molar-refractivity contribution in [1.82, 2.24) is 14.6 Å². The highest BCUT2D eigenvalue weighted by Crippen LogP contribution is 2.40. The number of halogens is 3. The number of hydrogen-bond donors (Lipinski definition) is 0. The minimum absolute atomic E-state index is 0.244. The molecule has 0 spiro atoms. The zero-order valence-electron chi connectivity index (χ0n) is 19.6. The van der Waals surface area contributed by atoms with Gasteiger partial charge in [-0.1, -0.05) is 23.5 Å². The van der Waals surface area contributed by atoms with Crippen LogP contribution in [0.4, 0.5) is 13.2 Å². The number of hydrogen-bond acceptors (Lipinski definition) is 8. The van der Waals surface area contributed by atoms with Gasteiger partial charge in [-0.15, -0.1) is 5.10 Å². The third-order valence-corrected chi connectivity index (χ3v) is 6.44. The minimum atomic E-state index is -4.46. The second-order valence-electron chi connectivity index (χ2n) is 7.74. The molecule has 0 aliphatic carbocycles. The van der Waals surface area contributed by atoms with Gasteiger partial charge in [-0.25, -0.2) is 0 Å². The summed E-state index contributed by atoms with van der Waals surface area (Å²) in [5.74, 6) is 2.09. The van der Waals surface area contributed by atoms with E-state index < -0.39 is 17.3 Å². The molecule has 0 N–H and O–H groups in total. The van der Waals surface area contributed by atoms with E-state index in [4.69, 9.17) is 18.6 Å². The van der Waals surface area contributed by atoms with Crippen molar-refractivity contribution in [1.29, 1.82) is 0 Å². The molecular weight excluding hydrogens is 511 g/mol. The molecule has 3 heterocycles. The molecule has 5 aromatic rings. The van der Waals surface area contributed by atoms with E-state index in [2.05, 4.69) is 10.1 Å². The summed E-state index contributed by atoms with van der Waals surface area (Å²) in [5.41, 5.74) is -0.355. The first-order chi connectivity index (χ1) is 17.7. The molecule has 0 bridgehead atoms. The Bertz CT molecular complexity index is 1700. The van der Waals surface area contributed by atoms with Gasteiger partial charge in [0.15, 0.2) is 17.3 Å². The highest BCUT2D eigenvalue weighted by Gasteiger charge is 2.30. The number of thiazole rings is 1. The first kappa shape index (κ1) is 24.4. The molecule has 0 saturated carbocycles. The van der Waals surface area contributed by atoms with Crippen LogP contribution in [0.2, 0.25) is 0 Å². The van der Waals surface area contributed by atoms with Crippen LogP contribution in [0.3, 0.4) is 0 Å². The van der Waals surface area contributed by atoms with Crippen molar-refractivity contribution in [3.63, 3.8) is 0 Å². The molecule has 2 aromatic carbocycles. The summed E-state index contributed by atoms with van der Waals surface area (Å²) < 4.78 is 62.3. The molecule has 0 radical (unpaired) electrons. The third kappa shape index (κ3) is 4.51. The van der Waals surface area contributed by atoms with Gasteiger partial charge in [0.25, 0.3) is 5.56 Å². The summed E-state index contributed by atoms with van der Waals surface area (Å²) in [5, 5.41) is 4.33. The largest absolute Gasteiger partial charge is 0.493 e. The summed E-state index contributed by atoms with van der Waals surface area (Å²) in [7, 11) is 4.48. The summed E-state index contributed by atoms with van der Waals surface area (Å²) >= 11 is 1.10. The lowest BCUT2D eigenvalue weighted by atomic mass is 10.1. The Morgan fingerprint density at radius 2 is 1.70 bits per heavy atom. The molecule has 0 fully saturated rings. The first-order valence-electron chi connectivity index (χ1n) is 10.7. The van der Waals surface area contributed by atoms with E-state index in [1.165, 1.54) is 44.1 Å². The molecule has 0 aliphatic heterocycles. The molecule has 0 atom stereocenters. The van der Waals surface area contributed by atoms with Crippen LogP contribution in [0.25, 0.3) is 33.7 Å². The number of methoxy groups -OCH3 is 3. The number of aromatic nitrogens is 3. The van der Waals surface area contributed by atoms with Gasteiger partial charge in [-0.2, -0.15) is 22.7 Å². The third-order valence-electron chi connectivity index (χ3n) is 5.48. The van der Waals surface area contributed by atoms with Crippen molar-refractivity contribution in [2.75, 3.05) is 21.3 Å². The monoisotopic (exact) mass is 529 g/mol. The van der Waals surface area contributed by atoms with Crippen molar-refractivity contribution in [3.8, 4) is 40.0 Å². The van der Waals surface area contributed by atoms with Crippen LogP contribution in [0.5, 0.6) is 17.2 Å². The molecule has 12 heteroatoms. The van der Waals surface area contributed by atoms with E-state index in [1.807, 2.05) is 0 Å². The van der Waals surface area contributed by atoms with Gasteiger partial charge in [0.2, 0.25) is 10.7 Å². The Hall–Kier alpha value is -4.32. The maximum Gasteiger partial charge on any atom is 0.416 e. The van der Waals surface area contributed by atoms with Crippen LogP contribution in [0.1, 0.15) is 11.3 Å². The predicted molar refractivity (Wildman–Crippen MR) is 130 cm³/mol. The molecule has 37 heavy (non-hydrogen) atoms. The molecule has 5 rings (SSSR count). The molecule has 0 amide bonds. The quantitative estimate of drug-likeness (QED) is 0.316. The van der Waals surface area contributed by atoms with Crippen LogP contribution in [0.15, 0.2) is 57.7 Å². The second-order valence-corrected chi connectivity index (χ2v) is 8.75. The molecule has 0 saturated heterocycles. The highest BCUT2D eigenvalue weighted by atomic mass is 32.1. The molecular formula is C25H18F3N3O5S. The average molecular weight is 529 g/mol. The number of benzene rings is 2. The van der Waals surface area contributed by atoms with E-state index >= 15 is 0 Å². The lowest BCUT2D eigenvalue weighted by Gasteiger charge is -2.12. The SMILES string of the molecule is COc1cc(-c2nc3s/c(=C\c4ccc(-c5cccc(C(F)(F)F)c5)o4)c(=O)n3n2)cc(OC)c1OC. The number of ether oxygens (including phenoxy) is 3. The van der Waals surface area contributed by atoms with Gasteiger partial charge < -0.3 is 18.6 Å². The van der Waals surface area contributed by atoms with Crippen molar-refractivity contribution in [2.24, 2.45) is 0 Å². The van der Waals surface area contributed by atoms with Crippen molar-refractivity contribution in [2.45, 2.75) is 6.18 Å². The molecule has 0 unspecified atom stereocenters. The summed E-state index contributed by atoms with van der Waals surface area (Å²) in [6.07, 6.45) is -2.96. The minimum Gasteiger partial charge on any atom is -0.493 e. The van der Waals surface area contributed by atoms with Crippen molar-refractivity contribution in [3.05, 3.63) is 74.7 Å². The number of fused-ring (bicyclic) bond motifs is 1. The van der Waals surface area contributed by atoms with Gasteiger partial charge in [0.1, 0.15) is 16.1 Å². The van der Waals surface area contributed by atoms with Gasteiger partial charge in [0, 0.05) is 17.2 Å². The summed E-state index contributed by atoms with van der Waals surface area (Å²) in [4.78, 5) is 17.8. The van der Waals surface area contributed by atoms with Gasteiger partial charge in [0.05, 0.1) is 26.9 Å². The molecule has 3 aromatic heterocycles. The highest BCUT2D eigenvalue weighted by molar-refractivity contribution is 7.15. The van der Waals surface area contributed by atoms with Gasteiger partial charge in [-0.3, -0.25) is 4.79 Å². The molecule has 8 nitrogen and oxygen atoms in total. The van der Waals surface area contributed by atoms with Crippen LogP contribution in [0, 0.1) is 0 Å². The lowest BCUT2D eigenvalue weighted by Crippen LogP contribution is -2.23. The Morgan fingerprint density at radius 1 is 0.973 bits per heavy atom.